The molecule has 1 aromatic heterocycles. The first kappa shape index (κ1) is 19.7. The smallest absolute Gasteiger partial charge is 0.341 e. The molecule has 1 aromatic carbocycles. The number of amides is 2. The third kappa shape index (κ3) is 4.49. The van der Waals surface area contributed by atoms with E-state index >= 15 is 0 Å². The number of thiophene rings is 1. The summed E-state index contributed by atoms with van der Waals surface area (Å²) < 4.78 is 5.09. The van der Waals surface area contributed by atoms with Gasteiger partial charge < -0.3 is 15.0 Å². The van der Waals surface area contributed by atoms with Gasteiger partial charge in [0.25, 0.3) is 5.91 Å². The normalized spacial score (nSPS) is 10.3. The van der Waals surface area contributed by atoms with Crippen molar-refractivity contribution in [2.75, 3.05) is 26.0 Å². The minimum atomic E-state index is -0.547. The maximum absolute atomic E-state index is 12.4. The van der Waals surface area contributed by atoms with Gasteiger partial charge in [-0.2, -0.15) is 0 Å². The standard InChI is InChI=1S/C19H22N2O4S/c1-5-25-19(24)15-12(2)16(18(23)21(3)4)26-17(15)20-14(22)11-13-9-7-6-8-10-13/h6-10H,5,11H2,1-4H3,(H,20,22). The minimum absolute atomic E-state index is 0.178. The summed E-state index contributed by atoms with van der Waals surface area (Å²) in [4.78, 5) is 38.9. The molecule has 7 heteroatoms. The van der Waals surface area contributed by atoms with Crippen LogP contribution in [0.1, 0.15) is 38.1 Å². The summed E-state index contributed by atoms with van der Waals surface area (Å²) in [5, 5.41) is 3.10. The summed E-state index contributed by atoms with van der Waals surface area (Å²) in [6.45, 7) is 3.61. The number of rotatable bonds is 6. The second-order valence-corrected chi connectivity index (χ2v) is 6.91. The van der Waals surface area contributed by atoms with Crippen molar-refractivity contribution >= 4 is 34.1 Å². The third-order valence-electron chi connectivity index (χ3n) is 3.69. The monoisotopic (exact) mass is 374 g/mol. The van der Waals surface area contributed by atoms with Crippen molar-refractivity contribution in [1.29, 1.82) is 0 Å². The molecule has 0 atom stereocenters. The summed E-state index contributed by atoms with van der Waals surface area (Å²) in [5.74, 6) is -1.03. The molecular formula is C19H22N2O4S. The van der Waals surface area contributed by atoms with Crippen LogP contribution < -0.4 is 5.32 Å². The predicted molar refractivity (Wildman–Crippen MR) is 102 cm³/mol. The Morgan fingerprint density at radius 1 is 1.15 bits per heavy atom. The average molecular weight is 374 g/mol. The second-order valence-electron chi connectivity index (χ2n) is 5.89. The van der Waals surface area contributed by atoms with Crippen LogP contribution in [0.3, 0.4) is 0 Å². The molecule has 0 aliphatic heterocycles. The quantitative estimate of drug-likeness (QED) is 0.788. The molecule has 0 aliphatic rings. The van der Waals surface area contributed by atoms with Crippen LogP contribution in [0.25, 0.3) is 0 Å². The molecule has 138 valence electrons. The van der Waals surface area contributed by atoms with Crippen LogP contribution >= 0.6 is 11.3 Å². The van der Waals surface area contributed by atoms with Crippen molar-refractivity contribution in [3.05, 3.63) is 51.9 Å². The van der Waals surface area contributed by atoms with Crippen LogP contribution in [-0.2, 0) is 16.0 Å². The third-order valence-corrected chi connectivity index (χ3v) is 4.88. The molecule has 0 spiro atoms. The Kier molecular flexibility index (Phi) is 6.52. The van der Waals surface area contributed by atoms with Crippen molar-refractivity contribution in [3.8, 4) is 0 Å². The largest absolute Gasteiger partial charge is 0.462 e. The lowest BCUT2D eigenvalue weighted by atomic mass is 10.1. The van der Waals surface area contributed by atoms with Gasteiger partial charge in [0, 0.05) is 14.1 Å². The van der Waals surface area contributed by atoms with Gasteiger partial charge in [0.2, 0.25) is 5.91 Å². The fourth-order valence-electron chi connectivity index (χ4n) is 2.41. The molecule has 1 heterocycles. The lowest BCUT2D eigenvalue weighted by molar-refractivity contribution is -0.115. The Bertz CT molecular complexity index is 812. The maximum Gasteiger partial charge on any atom is 0.341 e. The van der Waals surface area contributed by atoms with Gasteiger partial charge in [-0.1, -0.05) is 30.3 Å². The number of hydrogen-bond donors (Lipinski definition) is 1. The van der Waals surface area contributed by atoms with Gasteiger partial charge in [0.15, 0.2) is 0 Å². The van der Waals surface area contributed by atoms with Crippen molar-refractivity contribution in [2.24, 2.45) is 0 Å². The van der Waals surface area contributed by atoms with E-state index in [1.807, 2.05) is 30.3 Å². The van der Waals surface area contributed by atoms with Gasteiger partial charge in [0.1, 0.15) is 5.00 Å². The average Bonchev–Trinajstić information content (AvgIpc) is 2.91. The van der Waals surface area contributed by atoms with Crippen LogP contribution in [0.5, 0.6) is 0 Å². The number of anilines is 1. The zero-order valence-corrected chi connectivity index (χ0v) is 16.1. The summed E-state index contributed by atoms with van der Waals surface area (Å²) in [6.07, 6.45) is 0.178. The lowest BCUT2D eigenvalue weighted by Crippen LogP contribution is -2.21. The first-order valence-electron chi connectivity index (χ1n) is 8.21. The Balaban J connectivity index is 2.33. The lowest BCUT2D eigenvalue weighted by Gasteiger charge is -2.09. The Morgan fingerprint density at radius 2 is 1.81 bits per heavy atom. The summed E-state index contributed by atoms with van der Waals surface area (Å²) in [6, 6.07) is 9.30. The van der Waals surface area contributed by atoms with Crippen LogP contribution in [-0.4, -0.2) is 43.4 Å². The minimum Gasteiger partial charge on any atom is -0.462 e. The van der Waals surface area contributed by atoms with E-state index in [0.29, 0.717) is 15.4 Å². The number of ether oxygens (including phenoxy) is 1. The summed E-state index contributed by atoms with van der Waals surface area (Å²) in [5.41, 5.74) is 1.62. The topological polar surface area (TPSA) is 75.7 Å². The number of carbonyl (C=O) groups is 3. The molecule has 2 aromatic rings. The molecule has 0 saturated carbocycles. The van der Waals surface area contributed by atoms with E-state index in [1.165, 1.54) is 4.90 Å². The van der Waals surface area contributed by atoms with Crippen molar-refractivity contribution in [2.45, 2.75) is 20.3 Å². The van der Waals surface area contributed by atoms with E-state index in [-0.39, 0.29) is 30.4 Å². The molecule has 2 rings (SSSR count). The van der Waals surface area contributed by atoms with Gasteiger partial charge in [-0.05, 0) is 25.0 Å². The van der Waals surface area contributed by atoms with E-state index in [1.54, 1.807) is 27.9 Å². The van der Waals surface area contributed by atoms with Crippen LogP contribution in [0.4, 0.5) is 5.00 Å². The van der Waals surface area contributed by atoms with Gasteiger partial charge in [-0.25, -0.2) is 4.79 Å². The molecule has 0 fully saturated rings. The van der Waals surface area contributed by atoms with E-state index in [0.717, 1.165) is 16.9 Å². The zero-order chi connectivity index (χ0) is 19.3. The van der Waals surface area contributed by atoms with Crippen molar-refractivity contribution < 1.29 is 19.1 Å². The Labute approximate surface area is 156 Å². The highest BCUT2D eigenvalue weighted by molar-refractivity contribution is 7.18. The van der Waals surface area contributed by atoms with Gasteiger partial charge in [-0.15, -0.1) is 11.3 Å². The van der Waals surface area contributed by atoms with Gasteiger partial charge in [0.05, 0.1) is 23.5 Å². The fraction of sp³-hybridized carbons (Fsp3) is 0.316. The second kappa shape index (κ2) is 8.62. The Morgan fingerprint density at radius 3 is 2.38 bits per heavy atom. The highest BCUT2D eigenvalue weighted by Crippen LogP contribution is 2.34. The molecule has 0 bridgehead atoms. The number of esters is 1. The molecule has 0 unspecified atom stereocenters. The summed E-state index contributed by atoms with van der Waals surface area (Å²) >= 11 is 1.09. The molecule has 0 saturated heterocycles. The molecule has 6 nitrogen and oxygen atoms in total. The van der Waals surface area contributed by atoms with E-state index < -0.39 is 5.97 Å². The number of hydrogen-bond acceptors (Lipinski definition) is 5. The SMILES string of the molecule is CCOC(=O)c1c(NC(=O)Cc2ccccc2)sc(C(=O)N(C)C)c1C. The molecule has 2 amide bonds. The van der Waals surface area contributed by atoms with Crippen LogP contribution in [0.15, 0.2) is 30.3 Å². The van der Waals surface area contributed by atoms with E-state index in [2.05, 4.69) is 5.32 Å². The summed E-state index contributed by atoms with van der Waals surface area (Å²) in [7, 11) is 3.28. The fourth-order valence-corrected chi connectivity index (χ4v) is 3.64. The van der Waals surface area contributed by atoms with E-state index in [9.17, 15) is 14.4 Å². The number of benzene rings is 1. The zero-order valence-electron chi connectivity index (χ0n) is 15.3. The van der Waals surface area contributed by atoms with Crippen LogP contribution in [0.2, 0.25) is 0 Å². The van der Waals surface area contributed by atoms with E-state index in [4.69, 9.17) is 4.74 Å². The number of nitrogens with one attached hydrogen (secondary N) is 1. The Hall–Kier alpha value is -2.67. The van der Waals surface area contributed by atoms with Crippen molar-refractivity contribution in [3.63, 3.8) is 0 Å². The predicted octanol–water partition coefficient (Wildman–Crippen LogP) is 3.12. The highest BCUT2D eigenvalue weighted by atomic mass is 32.1. The first-order chi connectivity index (χ1) is 12.3. The van der Waals surface area contributed by atoms with Crippen molar-refractivity contribution in [1.82, 2.24) is 4.90 Å². The maximum atomic E-state index is 12.4. The highest BCUT2D eigenvalue weighted by Gasteiger charge is 2.27. The number of nitrogens with zero attached hydrogens (tertiary/aromatic N) is 1. The molecule has 0 radical (unpaired) electrons. The van der Waals surface area contributed by atoms with Gasteiger partial charge in [-0.3, -0.25) is 9.59 Å². The number of carbonyl (C=O) groups excluding carboxylic acids is 3. The van der Waals surface area contributed by atoms with Gasteiger partial charge >= 0.3 is 5.97 Å². The molecular weight excluding hydrogens is 352 g/mol. The molecule has 1 N–H and O–H groups in total. The van der Waals surface area contributed by atoms with Crippen LogP contribution in [0, 0.1) is 6.92 Å². The first-order valence-corrected chi connectivity index (χ1v) is 9.02. The molecule has 0 aliphatic carbocycles. The molecule has 26 heavy (non-hydrogen) atoms.